The van der Waals surface area contributed by atoms with Crippen LogP contribution in [-0.2, 0) is 17.8 Å². The fourth-order valence-electron chi connectivity index (χ4n) is 3.91. The molecule has 1 aliphatic heterocycles. The van der Waals surface area contributed by atoms with Gasteiger partial charge in [-0.05, 0) is 70.2 Å². The largest absolute Gasteiger partial charge is 0.355 e. The fraction of sp³-hybridized carbons (Fsp3) is 0.545. The lowest BCUT2D eigenvalue weighted by Crippen LogP contribution is -2.42. The molecule has 1 N–H and O–H groups in total. The molecule has 0 atom stereocenters. The summed E-state index contributed by atoms with van der Waals surface area (Å²) in [5.41, 5.74) is 3.65. The maximum atomic E-state index is 12.2. The van der Waals surface area contributed by atoms with Crippen LogP contribution in [0, 0.1) is 19.8 Å². The lowest BCUT2D eigenvalue weighted by molar-refractivity contribution is -0.122. The van der Waals surface area contributed by atoms with E-state index in [9.17, 15) is 4.79 Å². The van der Waals surface area contributed by atoms with Crippen molar-refractivity contribution in [2.75, 3.05) is 26.2 Å². The van der Waals surface area contributed by atoms with Crippen LogP contribution < -0.4 is 5.32 Å². The number of aryl methyl sites for hydroxylation is 3. The van der Waals surface area contributed by atoms with Gasteiger partial charge >= 0.3 is 0 Å². The average molecular weight is 369 g/mol. The van der Waals surface area contributed by atoms with E-state index in [-0.39, 0.29) is 5.91 Å². The number of hydrogen-bond acceptors (Lipinski definition) is 3. The highest BCUT2D eigenvalue weighted by Gasteiger charge is 2.20. The SMILES string of the molecule is Cc1cc(C)n(CCCNC(=O)CN2CCC(Cc3ccccc3)CC2)n1. The van der Waals surface area contributed by atoms with Crippen molar-refractivity contribution in [1.82, 2.24) is 20.0 Å². The van der Waals surface area contributed by atoms with E-state index in [4.69, 9.17) is 0 Å². The third-order valence-corrected chi connectivity index (χ3v) is 5.41. The van der Waals surface area contributed by atoms with Crippen LogP contribution in [-0.4, -0.2) is 46.8 Å². The molecule has 0 saturated carbocycles. The van der Waals surface area contributed by atoms with Gasteiger partial charge in [0.2, 0.25) is 5.91 Å². The van der Waals surface area contributed by atoms with Crippen molar-refractivity contribution in [2.45, 2.75) is 46.1 Å². The Morgan fingerprint density at radius 2 is 1.93 bits per heavy atom. The minimum absolute atomic E-state index is 0.143. The van der Waals surface area contributed by atoms with Gasteiger partial charge in [-0.1, -0.05) is 30.3 Å². The summed E-state index contributed by atoms with van der Waals surface area (Å²) in [6.07, 6.45) is 4.43. The Bertz CT molecular complexity index is 717. The monoisotopic (exact) mass is 368 g/mol. The Labute approximate surface area is 162 Å². The molecule has 1 aromatic heterocycles. The number of likely N-dealkylation sites (tertiary alicyclic amines) is 1. The van der Waals surface area contributed by atoms with E-state index in [0.717, 1.165) is 44.1 Å². The molecule has 146 valence electrons. The van der Waals surface area contributed by atoms with Crippen molar-refractivity contribution in [3.05, 3.63) is 53.3 Å². The fourth-order valence-corrected chi connectivity index (χ4v) is 3.91. The highest BCUT2D eigenvalue weighted by atomic mass is 16.2. The van der Waals surface area contributed by atoms with Crippen LogP contribution in [0.25, 0.3) is 0 Å². The summed E-state index contributed by atoms with van der Waals surface area (Å²) < 4.78 is 2.01. The molecular weight excluding hydrogens is 336 g/mol. The summed E-state index contributed by atoms with van der Waals surface area (Å²) in [6.45, 7) is 8.21. The van der Waals surface area contributed by atoms with Crippen LogP contribution in [0.5, 0.6) is 0 Å². The number of benzene rings is 1. The second-order valence-corrected chi connectivity index (χ2v) is 7.76. The van der Waals surface area contributed by atoms with Gasteiger partial charge in [0.05, 0.1) is 12.2 Å². The number of nitrogens with zero attached hydrogens (tertiary/aromatic N) is 3. The molecule has 1 aliphatic rings. The number of piperidine rings is 1. The van der Waals surface area contributed by atoms with E-state index in [1.807, 2.05) is 11.6 Å². The van der Waals surface area contributed by atoms with Gasteiger partial charge < -0.3 is 5.32 Å². The zero-order valence-electron chi connectivity index (χ0n) is 16.7. The highest BCUT2D eigenvalue weighted by Crippen LogP contribution is 2.21. The van der Waals surface area contributed by atoms with E-state index in [1.54, 1.807) is 0 Å². The molecule has 0 radical (unpaired) electrons. The number of aromatic nitrogens is 2. The van der Waals surface area contributed by atoms with Crippen LogP contribution in [0.3, 0.4) is 0 Å². The Morgan fingerprint density at radius 3 is 2.59 bits per heavy atom. The average Bonchev–Trinajstić information content (AvgIpc) is 2.98. The van der Waals surface area contributed by atoms with E-state index < -0.39 is 0 Å². The zero-order chi connectivity index (χ0) is 19.1. The Kier molecular flexibility index (Phi) is 7.04. The van der Waals surface area contributed by atoms with Gasteiger partial charge in [-0.3, -0.25) is 14.4 Å². The van der Waals surface area contributed by atoms with Crippen molar-refractivity contribution < 1.29 is 4.79 Å². The predicted molar refractivity (Wildman–Crippen MR) is 109 cm³/mol. The van der Waals surface area contributed by atoms with Crippen LogP contribution in [0.1, 0.15) is 36.2 Å². The summed E-state index contributed by atoms with van der Waals surface area (Å²) in [4.78, 5) is 14.5. The molecule has 1 amide bonds. The Morgan fingerprint density at radius 1 is 1.19 bits per heavy atom. The number of amides is 1. The normalized spacial score (nSPS) is 15.8. The van der Waals surface area contributed by atoms with Gasteiger partial charge in [0.1, 0.15) is 0 Å². The van der Waals surface area contributed by atoms with Crippen molar-refractivity contribution in [3.8, 4) is 0 Å². The van der Waals surface area contributed by atoms with Crippen LogP contribution in [0.15, 0.2) is 36.4 Å². The number of hydrogen-bond donors (Lipinski definition) is 1. The molecular formula is C22H32N4O. The standard InChI is InChI=1S/C22H32N4O/c1-18-15-19(2)26(24-18)12-6-11-23-22(27)17-25-13-9-21(10-14-25)16-20-7-4-3-5-8-20/h3-5,7-8,15,21H,6,9-14,16-17H2,1-2H3,(H,23,27). The number of carbonyl (C=O) groups excluding carboxylic acids is 1. The number of rotatable bonds is 8. The van der Waals surface area contributed by atoms with E-state index >= 15 is 0 Å². The predicted octanol–water partition coefficient (Wildman–Crippen LogP) is 2.96. The first-order valence-electron chi connectivity index (χ1n) is 10.1. The minimum atomic E-state index is 0.143. The van der Waals surface area contributed by atoms with Gasteiger partial charge in [-0.2, -0.15) is 5.10 Å². The summed E-state index contributed by atoms with van der Waals surface area (Å²) in [5.74, 6) is 0.886. The van der Waals surface area contributed by atoms with E-state index in [1.165, 1.54) is 24.1 Å². The molecule has 0 unspecified atom stereocenters. The molecule has 1 aromatic carbocycles. The van der Waals surface area contributed by atoms with E-state index in [0.29, 0.717) is 13.1 Å². The number of nitrogens with one attached hydrogen (secondary N) is 1. The smallest absolute Gasteiger partial charge is 0.234 e. The van der Waals surface area contributed by atoms with Gasteiger partial charge in [-0.25, -0.2) is 0 Å². The molecule has 0 aliphatic carbocycles. The van der Waals surface area contributed by atoms with Gasteiger partial charge in [0, 0.05) is 18.8 Å². The first kappa shape index (κ1) is 19.6. The second kappa shape index (κ2) is 9.70. The van der Waals surface area contributed by atoms with Crippen molar-refractivity contribution in [2.24, 2.45) is 5.92 Å². The second-order valence-electron chi connectivity index (χ2n) is 7.76. The lowest BCUT2D eigenvalue weighted by Gasteiger charge is -2.31. The summed E-state index contributed by atoms with van der Waals surface area (Å²) in [6, 6.07) is 12.8. The molecule has 1 saturated heterocycles. The summed E-state index contributed by atoms with van der Waals surface area (Å²) in [7, 11) is 0. The first-order valence-corrected chi connectivity index (χ1v) is 10.1. The maximum absolute atomic E-state index is 12.2. The van der Waals surface area contributed by atoms with Crippen LogP contribution >= 0.6 is 0 Å². The first-order chi connectivity index (χ1) is 13.1. The molecule has 27 heavy (non-hydrogen) atoms. The quantitative estimate of drug-likeness (QED) is 0.729. The maximum Gasteiger partial charge on any atom is 0.234 e. The number of carbonyl (C=O) groups is 1. The van der Waals surface area contributed by atoms with Crippen molar-refractivity contribution in [3.63, 3.8) is 0 Å². The topological polar surface area (TPSA) is 50.2 Å². The van der Waals surface area contributed by atoms with Crippen molar-refractivity contribution in [1.29, 1.82) is 0 Å². The molecule has 0 bridgehead atoms. The van der Waals surface area contributed by atoms with E-state index in [2.05, 4.69) is 58.6 Å². The van der Waals surface area contributed by atoms with Crippen molar-refractivity contribution >= 4 is 5.91 Å². The molecule has 1 fully saturated rings. The Balaban J connectivity index is 1.29. The molecule has 0 spiro atoms. The summed E-state index contributed by atoms with van der Waals surface area (Å²) >= 11 is 0. The van der Waals surface area contributed by atoms with Crippen LogP contribution in [0.4, 0.5) is 0 Å². The molecule has 3 rings (SSSR count). The molecule has 2 aromatic rings. The molecule has 2 heterocycles. The minimum Gasteiger partial charge on any atom is -0.355 e. The lowest BCUT2D eigenvalue weighted by atomic mass is 9.90. The molecule has 5 heteroatoms. The van der Waals surface area contributed by atoms with Gasteiger partial charge in [-0.15, -0.1) is 0 Å². The van der Waals surface area contributed by atoms with Crippen LogP contribution in [0.2, 0.25) is 0 Å². The zero-order valence-corrected chi connectivity index (χ0v) is 16.7. The van der Waals surface area contributed by atoms with Gasteiger partial charge in [0.15, 0.2) is 0 Å². The van der Waals surface area contributed by atoms with Gasteiger partial charge in [0.25, 0.3) is 0 Å². The highest BCUT2D eigenvalue weighted by molar-refractivity contribution is 5.77. The summed E-state index contributed by atoms with van der Waals surface area (Å²) in [5, 5.41) is 7.51. The third kappa shape index (κ3) is 6.21. The third-order valence-electron chi connectivity index (χ3n) is 5.41. The Hall–Kier alpha value is -2.14. The molecule has 5 nitrogen and oxygen atoms in total.